The second-order valence-corrected chi connectivity index (χ2v) is 4.08. The highest BCUT2D eigenvalue weighted by molar-refractivity contribution is 7.60. The molecule has 1 aromatic carbocycles. The van der Waals surface area contributed by atoms with Crippen LogP contribution in [0.1, 0.15) is 6.92 Å². The lowest BCUT2D eigenvalue weighted by molar-refractivity contribution is 0.340. The van der Waals surface area contributed by atoms with E-state index in [1.807, 2.05) is 6.92 Å². The van der Waals surface area contributed by atoms with E-state index in [1.165, 1.54) is 24.3 Å². The van der Waals surface area contributed by atoms with Gasteiger partial charge in [0.2, 0.25) is 0 Å². The largest absolute Gasteiger partial charge is 0.494 e. The van der Waals surface area contributed by atoms with E-state index in [0.717, 1.165) is 0 Å². The van der Waals surface area contributed by atoms with Crippen LogP contribution in [0.25, 0.3) is 0 Å². The lowest BCUT2D eigenvalue weighted by atomic mass is 10.3. The predicted molar refractivity (Wildman–Crippen MR) is 49.3 cm³/mol. The van der Waals surface area contributed by atoms with E-state index < -0.39 is 7.60 Å². The smallest absolute Gasteiger partial charge is 0.356 e. The summed E-state index contributed by atoms with van der Waals surface area (Å²) in [6, 6.07) is 5.81. The normalized spacial score (nSPS) is 11.3. The molecule has 2 N–H and O–H groups in total. The number of benzene rings is 1. The van der Waals surface area contributed by atoms with Crippen molar-refractivity contribution in [3.63, 3.8) is 0 Å². The highest BCUT2D eigenvalue weighted by Crippen LogP contribution is 2.33. The molecule has 0 spiro atoms. The molecule has 0 heterocycles. The van der Waals surface area contributed by atoms with Crippen molar-refractivity contribution >= 4 is 12.9 Å². The number of rotatable bonds is 3. The monoisotopic (exact) mass is 202 g/mol. The first kappa shape index (κ1) is 10.3. The first-order valence-electron chi connectivity index (χ1n) is 3.83. The third-order valence-electron chi connectivity index (χ3n) is 1.48. The summed E-state index contributed by atoms with van der Waals surface area (Å²) in [7, 11) is -4.11. The average Bonchev–Trinajstić information content (AvgIpc) is 2.04. The maximum atomic E-state index is 10.8. The van der Waals surface area contributed by atoms with Gasteiger partial charge in [-0.1, -0.05) is 0 Å². The fourth-order valence-corrected chi connectivity index (χ4v) is 1.44. The fraction of sp³-hybridized carbons (Fsp3) is 0.250. The van der Waals surface area contributed by atoms with Gasteiger partial charge < -0.3 is 14.5 Å². The zero-order valence-corrected chi connectivity index (χ0v) is 8.07. The summed E-state index contributed by atoms with van der Waals surface area (Å²) in [6.45, 7) is 2.38. The molecule has 0 amide bonds. The Labute approximate surface area is 76.3 Å². The maximum Gasteiger partial charge on any atom is 0.356 e. The predicted octanol–water partition coefficient (Wildman–Crippen LogP) is 0.888. The van der Waals surface area contributed by atoms with Crippen LogP contribution in [0, 0.1) is 0 Å². The molecule has 13 heavy (non-hydrogen) atoms. The van der Waals surface area contributed by atoms with E-state index in [1.54, 1.807) is 0 Å². The van der Waals surface area contributed by atoms with Crippen LogP contribution < -0.4 is 10.0 Å². The Bertz CT molecular complexity index is 313. The molecule has 0 aliphatic carbocycles. The zero-order valence-electron chi connectivity index (χ0n) is 7.17. The Hall–Kier alpha value is -0.830. The molecule has 0 unspecified atom stereocenters. The molecule has 1 aromatic rings. The van der Waals surface area contributed by atoms with Crippen molar-refractivity contribution in [2.75, 3.05) is 6.61 Å². The van der Waals surface area contributed by atoms with Gasteiger partial charge in [0.1, 0.15) is 5.75 Å². The van der Waals surface area contributed by atoms with Gasteiger partial charge in [0, 0.05) is 0 Å². The molecule has 0 aliphatic heterocycles. The van der Waals surface area contributed by atoms with Crippen molar-refractivity contribution in [3.8, 4) is 5.75 Å². The summed E-state index contributed by atoms with van der Waals surface area (Å²) < 4.78 is 15.9. The molecule has 4 nitrogen and oxygen atoms in total. The van der Waals surface area contributed by atoms with E-state index in [-0.39, 0.29) is 5.30 Å². The molecule has 0 bridgehead atoms. The minimum atomic E-state index is -4.11. The van der Waals surface area contributed by atoms with Gasteiger partial charge in [0.15, 0.2) is 0 Å². The molecule has 0 atom stereocenters. The minimum Gasteiger partial charge on any atom is -0.494 e. The lowest BCUT2D eigenvalue weighted by Crippen LogP contribution is -2.03. The van der Waals surface area contributed by atoms with E-state index in [9.17, 15) is 4.57 Å². The zero-order chi connectivity index (χ0) is 9.90. The molecular formula is C8H11O4P. The van der Waals surface area contributed by atoms with Gasteiger partial charge in [0.25, 0.3) is 0 Å². The van der Waals surface area contributed by atoms with Gasteiger partial charge in [-0.25, -0.2) is 0 Å². The highest BCUT2D eigenvalue weighted by Gasteiger charge is 2.15. The number of hydrogen-bond donors (Lipinski definition) is 2. The van der Waals surface area contributed by atoms with E-state index >= 15 is 0 Å². The van der Waals surface area contributed by atoms with Gasteiger partial charge in [-0.05, 0) is 31.2 Å². The first-order chi connectivity index (χ1) is 6.04. The summed E-state index contributed by atoms with van der Waals surface area (Å²) in [5.74, 6) is 0.611. The van der Waals surface area contributed by atoms with Gasteiger partial charge in [-0.3, -0.25) is 4.57 Å². The Morgan fingerprint density at radius 2 is 1.85 bits per heavy atom. The Kier molecular flexibility index (Phi) is 3.09. The molecule has 0 aromatic heterocycles. The van der Waals surface area contributed by atoms with Crippen LogP contribution in [0.5, 0.6) is 5.75 Å². The molecule has 0 fully saturated rings. The van der Waals surface area contributed by atoms with Crippen molar-refractivity contribution in [1.29, 1.82) is 0 Å². The highest BCUT2D eigenvalue weighted by atomic mass is 31.2. The van der Waals surface area contributed by atoms with E-state index in [4.69, 9.17) is 14.5 Å². The van der Waals surface area contributed by atoms with Crippen molar-refractivity contribution in [2.24, 2.45) is 0 Å². The van der Waals surface area contributed by atoms with Crippen LogP contribution in [0.15, 0.2) is 24.3 Å². The van der Waals surface area contributed by atoms with Crippen LogP contribution >= 0.6 is 7.60 Å². The first-order valence-corrected chi connectivity index (χ1v) is 5.44. The topological polar surface area (TPSA) is 66.8 Å². The molecule has 5 heteroatoms. The summed E-state index contributed by atoms with van der Waals surface area (Å²) in [4.78, 5) is 17.6. The van der Waals surface area contributed by atoms with Gasteiger partial charge in [-0.2, -0.15) is 0 Å². The molecule has 0 saturated heterocycles. The molecule has 1 rings (SSSR count). The second-order valence-electron chi connectivity index (χ2n) is 2.47. The third-order valence-corrected chi connectivity index (χ3v) is 2.45. The minimum absolute atomic E-state index is 0.0101. The fourth-order valence-electron chi connectivity index (χ4n) is 0.903. The molecular weight excluding hydrogens is 191 g/mol. The van der Waals surface area contributed by atoms with Crippen molar-refractivity contribution < 1.29 is 19.1 Å². The third kappa shape index (κ3) is 2.84. The Balaban J connectivity index is 2.88. The summed E-state index contributed by atoms with van der Waals surface area (Å²) >= 11 is 0. The summed E-state index contributed by atoms with van der Waals surface area (Å²) in [5.41, 5.74) is 0. The Morgan fingerprint density at radius 1 is 1.31 bits per heavy atom. The van der Waals surface area contributed by atoms with Gasteiger partial charge in [0.05, 0.1) is 11.9 Å². The maximum absolute atomic E-state index is 10.8. The molecule has 0 radical (unpaired) electrons. The van der Waals surface area contributed by atoms with Crippen molar-refractivity contribution in [2.45, 2.75) is 6.92 Å². The summed E-state index contributed by atoms with van der Waals surface area (Å²) in [6.07, 6.45) is 0. The van der Waals surface area contributed by atoms with Crippen molar-refractivity contribution in [3.05, 3.63) is 24.3 Å². The van der Waals surface area contributed by atoms with Crippen LogP contribution in [0.3, 0.4) is 0 Å². The van der Waals surface area contributed by atoms with E-state index in [2.05, 4.69) is 0 Å². The number of hydrogen-bond acceptors (Lipinski definition) is 2. The molecule has 0 aliphatic rings. The second kappa shape index (κ2) is 3.92. The molecule has 72 valence electrons. The number of ether oxygens (including phenoxy) is 1. The quantitative estimate of drug-likeness (QED) is 0.714. The van der Waals surface area contributed by atoms with Crippen LogP contribution in [-0.2, 0) is 4.57 Å². The summed E-state index contributed by atoms with van der Waals surface area (Å²) in [5, 5.41) is 0.0101. The standard InChI is InChI=1S/C8H11O4P/c1-2-12-7-3-5-8(6-4-7)13(9,10)11/h3-6H,2H2,1H3,(H2,9,10,11). The molecule has 0 saturated carbocycles. The van der Waals surface area contributed by atoms with Gasteiger partial charge in [-0.15, -0.1) is 0 Å². The average molecular weight is 202 g/mol. The Morgan fingerprint density at radius 3 is 2.23 bits per heavy atom. The SMILES string of the molecule is CCOc1ccc(P(=O)(O)O)cc1. The van der Waals surface area contributed by atoms with Crippen LogP contribution in [0.4, 0.5) is 0 Å². The van der Waals surface area contributed by atoms with E-state index in [0.29, 0.717) is 12.4 Å². The van der Waals surface area contributed by atoms with Crippen LogP contribution in [0.2, 0.25) is 0 Å². The van der Waals surface area contributed by atoms with Crippen molar-refractivity contribution in [1.82, 2.24) is 0 Å². The lowest BCUT2D eigenvalue weighted by Gasteiger charge is -2.05. The van der Waals surface area contributed by atoms with Gasteiger partial charge >= 0.3 is 7.60 Å². The van der Waals surface area contributed by atoms with Crippen LogP contribution in [-0.4, -0.2) is 16.4 Å².